The first kappa shape index (κ1) is 38.0. The van der Waals surface area contributed by atoms with Gasteiger partial charge in [0.25, 0.3) is 0 Å². The van der Waals surface area contributed by atoms with Crippen molar-refractivity contribution < 1.29 is 24.9 Å². The second-order valence-corrected chi connectivity index (χ2v) is 14.7. The van der Waals surface area contributed by atoms with Crippen molar-refractivity contribution in [2.45, 2.75) is 108 Å². The first-order valence-corrected chi connectivity index (χ1v) is 19.3. The molecule has 9 nitrogen and oxygen atoms in total. The molecule has 50 heavy (non-hydrogen) atoms. The molecule has 2 heterocycles. The highest BCUT2D eigenvalue weighted by molar-refractivity contribution is 5.87. The molecule has 0 radical (unpaired) electrons. The molecule has 2 aromatic carbocycles. The van der Waals surface area contributed by atoms with Gasteiger partial charge >= 0.3 is 5.97 Å². The highest BCUT2D eigenvalue weighted by Gasteiger charge is 2.47. The van der Waals surface area contributed by atoms with Gasteiger partial charge < -0.3 is 35.3 Å². The highest BCUT2D eigenvalue weighted by Crippen LogP contribution is 2.40. The van der Waals surface area contributed by atoms with Gasteiger partial charge in [0.05, 0.1) is 18.2 Å². The Morgan fingerprint density at radius 2 is 1.56 bits per heavy atom. The van der Waals surface area contributed by atoms with Crippen LogP contribution in [0.2, 0.25) is 0 Å². The predicted octanol–water partition coefficient (Wildman–Crippen LogP) is 6.70. The van der Waals surface area contributed by atoms with Gasteiger partial charge in [0, 0.05) is 23.9 Å². The Morgan fingerprint density at radius 3 is 2.28 bits per heavy atom. The van der Waals surface area contributed by atoms with Gasteiger partial charge in [0.2, 0.25) is 5.56 Å². The van der Waals surface area contributed by atoms with Crippen LogP contribution in [0.15, 0.2) is 59.4 Å². The molecule has 3 aromatic rings. The fraction of sp³-hybridized carbons (Fsp3) is 0.610. The number of piperidine rings is 1. The molecule has 274 valence electrons. The number of carbonyl (C=O) groups is 1. The number of fused-ring (bicyclic) bond motifs is 1. The van der Waals surface area contributed by atoms with E-state index in [1.165, 1.54) is 44.2 Å². The molecule has 1 saturated carbocycles. The maximum atomic E-state index is 13.5. The maximum absolute atomic E-state index is 13.5. The van der Waals surface area contributed by atoms with Gasteiger partial charge in [0.15, 0.2) is 5.60 Å². The Bertz CT molecular complexity index is 1510. The molecule has 0 amide bonds. The largest absolute Gasteiger partial charge is 0.506 e. The van der Waals surface area contributed by atoms with Gasteiger partial charge in [-0.25, -0.2) is 4.79 Å². The quantitative estimate of drug-likeness (QED) is 0.0566. The minimum absolute atomic E-state index is 0.00212. The van der Waals surface area contributed by atoms with Crippen LogP contribution in [0.1, 0.15) is 114 Å². The van der Waals surface area contributed by atoms with Crippen molar-refractivity contribution >= 4 is 16.9 Å². The number of H-pyrrole nitrogens is 1. The molecule has 5 rings (SSSR count). The number of carbonyl (C=O) groups excluding carboxylic acids is 1. The van der Waals surface area contributed by atoms with Crippen LogP contribution < -0.4 is 10.9 Å². The van der Waals surface area contributed by atoms with Crippen LogP contribution in [-0.4, -0.2) is 70.5 Å². The summed E-state index contributed by atoms with van der Waals surface area (Å²) in [5.74, 6) is -0.216. The van der Waals surface area contributed by atoms with Crippen molar-refractivity contribution in [3.8, 4) is 5.75 Å². The minimum Gasteiger partial charge on any atom is -0.506 e. The number of phenols is 1. The number of aliphatic hydroxyl groups is 2. The normalized spacial score (nSPS) is 18.4. The summed E-state index contributed by atoms with van der Waals surface area (Å²) in [6.45, 7) is 4.85. The number of nitrogens with zero attached hydrogens (tertiary/aromatic N) is 1. The Balaban J connectivity index is 0.896. The molecule has 5 N–H and O–H groups in total. The fourth-order valence-electron chi connectivity index (χ4n) is 7.96. The molecule has 0 bridgehead atoms. The van der Waals surface area contributed by atoms with E-state index in [4.69, 9.17) is 4.74 Å². The molecular weight excluding hydrogens is 630 g/mol. The third kappa shape index (κ3) is 10.4. The maximum Gasteiger partial charge on any atom is 0.343 e. The molecular formula is C41H59N3O6. The van der Waals surface area contributed by atoms with Gasteiger partial charge in [-0.2, -0.15) is 0 Å². The predicted molar refractivity (Wildman–Crippen MR) is 198 cm³/mol. The van der Waals surface area contributed by atoms with Crippen LogP contribution in [0.25, 0.3) is 10.9 Å². The lowest BCUT2D eigenvalue weighted by Gasteiger charge is -2.36. The molecule has 2 aliphatic rings. The second kappa shape index (κ2) is 19.4. The molecule has 1 aliphatic carbocycles. The number of aromatic nitrogens is 1. The molecule has 1 aliphatic heterocycles. The van der Waals surface area contributed by atoms with Crippen molar-refractivity contribution in [1.29, 1.82) is 0 Å². The summed E-state index contributed by atoms with van der Waals surface area (Å²) in [7, 11) is 0. The number of nitrogens with one attached hydrogen (secondary N) is 2. The molecule has 2 fully saturated rings. The van der Waals surface area contributed by atoms with Crippen molar-refractivity contribution in [2.75, 3.05) is 39.3 Å². The van der Waals surface area contributed by atoms with E-state index in [1.807, 2.05) is 30.3 Å². The van der Waals surface area contributed by atoms with Gasteiger partial charge in [-0.15, -0.1) is 0 Å². The van der Waals surface area contributed by atoms with E-state index in [0.717, 1.165) is 90.4 Å². The van der Waals surface area contributed by atoms with Crippen molar-refractivity contribution in [3.05, 3.63) is 76.1 Å². The summed E-state index contributed by atoms with van der Waals surface area (Å²) >= 11 is 0. The van der Waals surface area contributed by atoms with Gasteiger partial charge in [-0.05, 0) is 93.9 Å². The van der Waals surface area contributed by atoms with E-state index >= 15 is 0 Å². The Morgan fingerprint density at radius 1 is 0.880 bits per heavy atom. The lowest BCUT2D eigenvalue weighted by molar-refractivity contribution is -0.176. The Labute approximate surface area is 297 Å². The monoisotopic (exact) mass is 689 g/mol. The third-order valence-electron chi connectivity index (χ3n) is 11.1. The fourth-order valence-corrected chi connectivity index (χ4v) is 7.96. The summed E-state index contributed by atoms with van der Waals surface area (Å²) in [6.07, 6.45) is 15.8. The Hall–Kier alpha value is -3.24. The van der Waals surface area contributed by atoms with Crippen LogP contribution in [0.3, 0.4) is 0 Å². The smallest absolute Gasteiger partial charge is 0.343 e. The van der Waals surface area contributed by atoms with E-state index in [1.54, 1.807) is 12.1 Å². The lowest BCUT2D eigenvalue weighted by Crippen LogP contribution is -2.45. The Kier molecular flexibility index (Phi) is 14.7. The molecule has 1 aromatic heterocycles. The van der Waals surface area contributed by atoms with Crippen LogP contribution >= 0.6 is 0 Å². The number of esters is 1. The number of phenolic OH excluding ortho intramolecular Hbond substituents is 1. The SMILES string of the molecule is O=C(OCC1CCN(CCCCCCCCCNCC(O)c2ccc(O)c3[nH]c(=O)ccc23)CC1)C(O)(c1ccccc1)C1CCCCCC1. The van der Waals surface area contributed by atoms with Gasteiger partial charge in [-0.1, -0.05) is 94.2 Å². The lowest BCUT2D eigenvalue weighted by atomic mass is 9.77. The number of aliphatic hydroxyl groups excluding tert-OH is 1. The average Bonchev–Trinajstić information content (AvgIpc) is 3.44. The van der Waals surface area contributed by atoms with Crippen molar-refractivity contribution in [1.82, 2.24) is 15.2 Å². The van der Waals surface area contributed by atoms with Gasteiger partial charge in [-0.3, -0.25) is 4.79 Å². The zero-order valence-electron chi connectivity index (χ0n) is 29.8. The number of ether oxygens (including phenoxy) is 1. The minimum atomic E-state index is -1.57. The standard InChI is InChI=1S/C41H59N3O6/c45-36-21-19-34(35-20-22-38(47)43-39(35)36)37(46)29-42-25-13-6-2-1-3-7-14-26-44-27-23-31(24-28-44)30-50-40(48)41(49,33-17-11-8-12-18-33)32-15-9-4-5-10-16-32/h8,11-12,17-22,31-32,37,42,45-46,49H,1-7,9-10,13-16,23-30H2,(H,43,47). The number of aromatic hydroxyl groups is 1. The summed E-state index contributed by atoms with van der Waals surface area (Å²) < 4.78 is 5.91. The molecule has 0 spiro atoms. The third-order valence-corrected chi connectivity index (χ3v) is 11.1. The van der Waals surface area contributed by atoms with Crippen LogP contribution in [0, 0.1) is 11.8 Å². The van der Waals surface area contributed by atoms with E-state index in [0.29, 0.717) is 41.1 Å². The molecule has 2 unspecified atom stereocenters. The number of likely N-dealkylation sites (tertiary alicyclic amines) is 1. The van der Waals surface area contributed by atoms with Crippen LogP contribution in [0.4, 0.5) is 0 Å². The topological polar surface area (TPSA) is 135 Å². The number of pyridine rings is 1. The summed E-state index contributed by atoms with van der Waals surface area (Å²) in [6, 6.07) is 15.7. The first-order valence-electron chi connectivity index (χ1n) is 19.3. The molecule has 2 atom stereocenters. The zero-order valence-corrected chi connectivity index (χ0v) is 29.8. The van der Waals surface area contributed by atoms with Gasteiger partial charge in [0.1, 0.15) is 5.75 Å². The number of benzene rings is 2. The number of hydrogen-bond donors (Lipinski definition) is 5. The van der Waals surface area contributed by atoms with Crippen LogP contribution in [0.5, 0.6) is 5.75 Å². The zero-order chi connectivity index (χ0) is 35.2. The van der Waals surface area contributed by atoms with E-state index in [2.05, 4.69) is 15.2 Å². The van der Waals surface area contributed by atoms with E-state index < -0.39 is 17.7 Å². The summed E-state index contributed by atoms with van der Waals surface area (Å²) in [4.78, 5) is 30.3. The van der Waals surface area contributed by atoms with E-state index in [-0.39, 0.29) is 17.2 Å². The summed E-state index contributed by atoms with van der Waals surface area (Å²) in [5, 5.41) is 36.6. The number of aromatic amines is 1. The van der Waals surface area contributed by atoms with Crippen LogP contribution in [-0.2, 0) is 15.1 Å². The highest BCUT2D eigenvalue weighted by atomic mass is 16.5. The molecule has 9 heteroatoms. The van der Waals surface area contributed by atoms with E-state index in [9.17, 15) is 24.9 Å². The summed E-state index contributed by atoms with van der Waals surface area (Å²) in [5.41, 5.74) is -0.148. The molecule has 1 saturated heterocycles. The first-order chi connectivity index (χ1) is 24.4. The number of rotatable bonds is 18. The second-order valence-electron chi connectivity index (χ2n) is 14.7. The van der Waals surface area contributed by atoms with Crippen molar-refractivity contribution in [2.24, 2.45) is 11.8 Å². The number of unbranched alkanes of at least 4 members (excludes halogenated alkanes) is 6. The average molecular weight is 690 g/mol. The van der Waals surface area contributed by atoms with Crippen molar-refractivity contribution in [3.63, 3.8) is 0 Å². The number of hydrogen-bond acceptors (Lipinski definition) is 8.